The van der Waals surface area contributed by atoms with Gasteiger partial charge in [-0.3, -0.25) is 0 Å². The van der Waals surface area contributed by atoms with Crippen molar-refractivity contribution in [3.63, 3.8) is 0 Å². The zero-order valence-corrected chi connectivity index (χ0v) is 16.7. The smallest absolute Gasteiger partial charge is 0.243 e. The molecule has 0 unspecified atom stereocenters. The Morgan fingerprint density at radius 3 is 2.31 bits per heavy atom. The van der Waals surface area contributed by atoms with Crippen molar-refractivity contribution < 1.29 is 8.42 Å². The van der Waals surface area contributed by atoms with Crippen molar-refractivity contribution in [1.29, 1.82) is 0 Å². The van der Waals surface area contributed by atoms with Crippen LogP contribution < -0.4 is 4.90 Å². The second-order valence-electron chi connectivity index (χ2n) is 7.03. The van der Waals surface area contributed by atoms with Crippen LogP contribution in [0.1, 0.15) is 5.82 Å². The quantitative estimate of drug-likeness (QED) is 0.516. The van der Waals surface area contributed by atoms with Gasteiger partial charge in [-0.15, -0.1) is 5.10 Å². The Morgan fingerprint density at radius 1 is 0.862 bits per heavy atom. The van der Waals surface area contributed by atoms with Crippen molar-refractivity contribution in [3.8, 4) is 0 Å². The van der Waals surface area contributed by atoms with Crippen LogP contribution in [-0.4, -0.2) is 58.5 Å². The fraction of sp³-hybridized carbons (Fsp3) is 0.250. The molecule has 1 fully saturated rings. The van der Waals surface area contributed by atoms with E-state index in [-0.39, 0.29) is 0 Å². The van der Waals surface area contributed by atoms with Gasteiger partial charge in [-0.25, -0.2) is 18.4 Å². The summed E-state index contributed by atoms with van der Waals surface area (Å²) in [6.45, 7) is 3.70. The number of piperazine rings is 1. The number of para-hydroxylation sites is 1. The number of aromatic nitrogens is 4. The van der Waals surface area contributed by atoms with E-state index < -0.39 is 10.0 Å². The van der Waals surface area contributed by atoms with Gasteiger partial charge in [-0.1, -0.05) is 30.3 Å². The number of hydrogen-bond donors (Lipinski definition) is 0. The number of aryl methyl sites for hydroxylation is 1. The monoisotopic (exact) mass is 408 g/mol. The Kier molecular flexibility index (Phi) is 4.21. The third-order valence-electron chi connectivity index (χ3n) is 5.17. The first-order valence-corrected chi connectivity index (χ1v) is 10.9. The number of rotatable bonds is 3. The van der Waals surface area contributed by atoms with Gasteiger partial charge in [0.2, 0.25) is 16.0 Å². The molecule has 4 aromatic rings. The molecular weight excluding hydrogens is 388 g/mol. The van der Waals surface area contributed by atoms with Crippen molar-refractivity contribution in [2.24, 2.45) is 0 Å². The van der Waals surface area contributed by atoms with Gasteiger partial charge in [0.15, 0.2) is 5.65 Å². The summed E-state index contributed by atoms with van der Waals surface area (Å²) in [5.41, 5.74) is 1.61. The summed E-state index contributed by atoms with van der Waals surface area (Å²) in [4.78, 5) is 11.8. The lowest BCUT2D eigenvalue weighted by Gasteiger charge is -2.34. The number of anilines is 1. The molecule has 8 nitrogen and oxygen atoms in total. The van der Waals surface area contributed by atoms with E-state index in [1.807, 2.05) is 37.3 Å². The predicted octanol–water partition coefficient (Wildman–Crippen LogP) is 2.10. The second-order valence-corrected chi connectivity index (χ2v) is 8.97. The van der Waals surface area contributed by atoms with E-state index in [9.17, 15) is 8.42 Å². The lowest BCUT2D eigenvalue weighted by molar-refractivity contribution is 0.381. The molecule has 9 heteroatoms. The molecule has 1 saturated heterocycles. The molecule has 5 rings (SSSR count). The van der Waals surface area contributed by atoms with Gasteiger partial charge in [-0.2, -0.15) is 8.82 Å². The summed E-state index contributed by atoms with van der Waals surface area (Å²) in [7, 11) is -3.49. The van der Waals surface area contributed by atoms with E-state index in [1.54, 1.807) is 28.8 Å². The summed E-state index contributed by atoms with van der Waals surface area (Å²) >= 11 is 0. The molecule has 2 aromatic heterocycles. The van der Waals surface area contributed by atoms with Crippen LogP contribution >= 0.6 is 0 Å². The second kappa shape index (κ2) is 6.78. The Hall–Kier alpha value is -3.04. The lowest BCUT2D eigenvalue weighted by Crippen LogP contribution is -2.49. The van der Waals surface area contributed by atoms with Crippen molar-refractivity contribution in [2.75, 3.05) is 31.1 Å². The van der Waals surface area contributed by atoms with Crippen LogP contribution in [-0.2, 0) is 10.0 Å². The molecule has 3 heterocycles. The number of hydrogen-bond acceptors (Lipinski definition) is 6. The van der Waals surface area contributed by atoms with Crippen LogP contribution in [0.2, 0.25) is 0 Å². The van der Waals surface area contributed by atoms with Gasteiger partial charge >= 0.3 is 0 Å². The van der Waals surface area contributed by atoms with Gasteiger partial charge in [-0.05, 0) is 31.2 Å². The van der Waals surface area contributed by atoms with E-state index in [2.05, 4.69) is 15.0 Å². The molecule has 0 bridgehead atoms. The maximum Gasteiger partial charge on any atom is 0.243 e. The van der Waals surface area contributed by atoms with Crippen molar-refractivity contribution in [1.82, 2.24) is 23.9 Å². The molecule has 1 aliphatic rings. The third-order valence-corrected chi connectivity index (χ3v) is 7.08. The number of fused-ring (bicyclic) bond motifs is 3. The number of nitrogens with zero attached hydrogens (tertiary/aromatic N) is 6. The van der Waals surface area contributed by atoms with E-state index in [1.165, 1.54) is 4.31 Å². The highest BCUT2D eigenvalue weighted by Gasteiger charge is 2.30. The number of benzene rings is 2. The minimum absolute atomic E-state index is 0.326. The van der Waals surface area contributed by atoms with Gasteiger partial charge in [0.05, 0.1) is 10.4 Å². The topological polar surface area (TPSA) is 83.7 Å². The molecule has 0 radical (unpaired) electrons. The van der Waals surface area contributed by atoms with Gasteiger partial charge in [0.1, 0.15) is 5.82 Å². The van der Waals surface area contributed by atoms with Crippen LogP contribution in [0.25, 0.3) is 16.6 Å². The minimum Gasteiger partial charge on any atom is -0.338 e. The van der Waals surface area contributed by atoms with E-state index >= 15 is 0 Å². The fourth-order valence-corrected chi connectivity index (χ4v) is 5.16. The highest BCUT2D eigenvalue weighted by atomic mass is 32.2. The molecule has 148 valence electrons. The molecule has 0 N–H and O–H groups in total. The maximum absolute atomic E-state index is 12.9. The summed E-state index contributed by atoms with van der Waals surface area (Å²) in [6, 6.07) is 16.4. The van der Waals surface area contributed by atoms with Gasteiger partial charge in [0, 0.05) is 31.6 Å². The molecule has 0 aliphatic carbocycles. The van der Waals surface area contributed by atoms with Crippen molar-refractivity contribution >= 4 is 32.5 Å². The van der Waals surface area contributed by atoms with Gasteiger partial charge < -0.3 is 4.90 Å². The van der Waals surface area contributed by atoms with Crippen LogP contribution in [0, 0.1) is 6.92 Å². The van der Waals surface area contributed by atoms with E-state index in [0.29, 0.717) is 42.8 Å². The molecule has 0 saturated carbocycles. The Bertz CT molecular complexity index is 1290. The van der Waals surface area contributed by atoms with Crippen molar-refractivity contribution in [2.45, 2.75) is 11.8 Å². The molecule has 0 atom stereocenters. The fourth-order valence-electron chi connectivity index (χ4n) is 3.72. The molecular formula is C20H20N6O2S. The molecule has 2 aromatic carbocycles. The SMILES string of the molecule is Cc1nc2c3ccccc3nc(N3CCN(S(=O)(=O)c4ccccc4)CC3)n2n1. The van der Waals surface area contributed by atoms with Crippen LogP contribution in [0.3, 0.4) is 0 Å². The Morgan fingerprint density at radius 2 is 1.55 bits per heavy atom. The first-order valence-electron chi connectivity index (χ1n) is 9.46. The van der Waals surface area contributed by atoms with Crippen molar-refractivity contribution in [3.05, 3.63) is 60.4 Å². The molecule has 1 aliphatic heterocycles. The summed E-state index contributed by atoms with van der Waals surface area (Å²) in [6.07, 6.45) is 0. The van der Waals surface area contributed by atoms with E-state index in [0.717, 1.165) is 16.6 Å². The first kappa shape index (κ1) is 18.0. The normalized spacial score (nSPS) is 16.0. The molecule has 0 spiro atoms. The standard InChI is InChI=1S/C20H20N6O2S/c1-15-21-19-17-9-5-6-10-18(17)22-20(26(19)23-15)24-11-13-25(14-12-24)29(27,28)16-7-3-2-4-8-16/h2-10H,11-14H2,1H3. The summed E-state index contributed by atoms with van der Waals surface area (Å²) in [5.74, 6) is 1.37. The zero-order valence-electron chi connectivity index (χ0n) is 15.9. The maximum atomic E-state index is 12.9. The average Bonchev–Trinajstić information content (AvgIpc) is 3.15. The Balaban J connectivity index is 1.47. The molecule has 0 amide bonds. The number of sulfonamides is 1. The lowest BCUT2D eigenvalue weighted by atomic mass is 10.2. The highest BCUT2D eigenvalue weighted by Crippen LogP contribution is 2.24. The molecule has 29 heavy (non-hydrogen) atoms. The van der Waals surface area contributed by atoms with Crippen LogP contribution in [0.15, 0.2) is 59.5 Å². The third kappa shape index (κ3) is 3.02. The largest absolute Gasteiger partial charge is 0.338 e. The van der Waals surface area contributed by atoms with E-state index in [4.69, 9.17) is 4.98 Å². The highest BCUT2D eigenvalue weighted by molar-refractivity contribution is 7.89. The van der Waals surface area contributed by atoms with Crippen LogP contribution in [0.5, 0.6) is 0 Å². The Labute approximate surface area is 168 Å². The minimum atomic E-state index is -3.49. The predicted molar refractivity (Wildman–Crippen MR) is 110 cm³/mol. The van der Waals surface area contributed by atoms with Gasteiger partial charge in [0.25, 0.3) is 0 Å². The van der Waals surface area contributed by atoms with Crippen LogP contribution in [0.4, 0.5) is 5.95 Å². The average molecular weight is 408 g/mol. The summed E-state index contributed by atoms with van der Waals surface area (Å²) in [5, 5.41) is 5.47. The first-order chi connectivity index (χ1) is 14.0. The zero-order chi connectivity index (χ0) is 20.0. The summed E-state index contributed by atoms with van der Waals surface area (Å²) < 4.78 is 29.1.